The zero-order valence-corrected chi connectivity index (χ0v) is 11.3. The number of carbonyl (C=O) groups excluding carboxylic acids is 2. The Kier molecular flexibility index (Phi) is 3.63. The molecule has 2 amide bonds. The van der Waals surface area contributed by atoms with E-state index in [0.29, 0.717) is 30.8 Å². The van der Waals surface area contributed by atoms with Crippen molar-refractivity contribution in [2.45, 2.75) is 18.9 Å². The fraction of sp³-hybridized carbons (Fsp3) is 0.286. The molecule has 0 aliphatic carbocycles. The monoisotopic (exact) mass is 285 g/mol. The fourth-order valence-electron chi connectivity index (χ4n) is 2.19. The average molecular weight is 285 g/mol. The number of aromatic nitrogens is 3. The Labute approximate surface area is 121 Å². The van der Waals surface area contributed by atoms with Gasteiger partial charge in [-0.3, -0.25) is 14.2 Å². The lowest BCUT2D eigenvalue weighted by Gasteiger charge is -2.23. The molecule has 1 saturated heterocycles. The summed E-state index contributed by atoms with van der Waals surface area (Å²) in [6.07, 6.45) is 7.74. The van der Waals surface area contributed by atoms with Crippen LogP contribution >= 0.6 is 0 Å². The van der Waals surface area contributed by atoms with Gasteiger partial charge in [0.1, 0.15) is 12.1 Å². The molecule has 3 rings (SSSR count). The van der Waals surface area contributed by atoms with Crippen molar-refractivity contribution in [2.24, 2.45) is 0 Å². The quantitative estimate of drug-likeness (QED) is 0.847. The molecular formula is C14H15N5O2. The largest absolute Gasteiger partial charge is 0.354 e. The molecule has 7 heteroatoms. The molecule has 1 unspecified atom stereocenters. The van der Waals surface area contributed by atoms with Crippen molar-refractivity contribution in [3.63, 3.8) is 0 Å². The van der Waals surface area contributed by atoms with Gasteiger partial charge in [0, 0.05) is 37.6 Å². The van der Waals surface area contributed by atoms with Crippen molar-refractivity contribution in [1.29, 1.82) is 0 Å². The number of rotatable bonds is 3. The Balaban J connectivity index is 1.64. The lowest BCUT2D eigenvalue weighted by molar-refractivity contribution is -0.122. The van der Waals surface area contributed by atoms with Gasteiger partial charge in [-0.2, -0.15) is 0 Å². The number of nitrogens with one attached hydrogen (secondary N) is 2. The molecule has 0 bridgehead atoms. The molecule has 0 aromatic carbocycles. The summed E-state index contributed by atoms with van der Waals surface area (Å²) in [7, 11) is 0. The highest BCUT2D eigenvalue weighted by atomic mass is 16.2. The Morgan fingerprint density at radius 3 is 2.95 bits per heavy atom. The first-order valence-corrected chi connectivity index (χ1v) is 6.74. The third kappa shape index (κ3) is 3.07. The molecule has 1 aliphatic rings. The van der Waals surface area contributed by atoms with Crippen LogP contribution in [0.2, 0.25) is 0 Å². The molecule has 1 atom stereocenters. The topological polar surface area (TPSA) is 88.9 Å². The Hall–Kier alpha value is -2.70. The first-order valence-electron chi connectivity index (χ1n) is 6.74. The molecule has 7 nitrogen and oxygen atoms in total. The SMILES string of the molecule is O=C1CCC(NC(=O)c2ccc(-n3ccnc3)nc2)CN1. The molecule has 21 heavy (non-hydrogen) atoms. The number of hydrogen-bond acceptors (Lipinski definition) is 4. The second-order valence-corrected chi connectivity index (χ2v) is 4.89. The highest BCUT2D eigenvalue weighted by Crippen LogP contribution is 2.07. The second-order valence-electron chi connectivity index (χ2n) is 4.89. The second kappa shape index (κ2) is 5.74. The molecule has 0 saturated carbocycles. The van der Waals surface area contributed by atoms with E-state index in [9.17, 15) is 9.59 Å². The number of hydrogen-bond donors (Lipinski definition) is 2. The molecule has 2 N–H and O–H groups in total. The molecule has 0 radical (unpaired) electrons. The lowest BCUT2D eigenvalue weighted by Crippen LogP contribution is -2.47. The van der Waals surface area contributed by atoms with Gasteiger partial charge in [-0.15, -0.1) is 0 Å². The molecule has 2 aromatic heterocycles. The Morgan fingerprint density at radius 2 is 2.33 bits per heavy atom. The molecule has 0 spiro atoms. The smallest absolute Gasteiger partial charge is 0.253 e. The zero-order valence-electron chi connectivity index (χ0n) is 11.3. The summed E-state index contributed by atoms with van der Waals surface area (Å²) in [5.41, 5.74) is 0.496. The van der Waals surface area contributed by atoms with Crippen LogP contribution in [0.3, 0.4) is 0 Å². The Bertz CT molecular complexity index is 626. The van der Waals surface area contributed by atoms with E-state index in [4.69, 9.17) is 0 Å². The van der Waals surface area contributed by atoms with Crippen LogP contribution in [-0.2, 0) is 4.79 Å². The van der Waals surface area contributed by atoms with E-state index < -0.39 is 0 Å². The maximum atomic E-state index is 12.1. The minimum absolute atomic E-state index is 0.0245. The first kappa shape index (κ1) is 13.3. The van der Waals surface area contributed by atoms with Crippen molar-refractivity contribution < 1.29 is 9.59 Å². The summed E-state index contributed by atoms with van der Waals surface area (Å²) < 4.78 is 1.76. The number of nitrogens with zero attached hydrogens (tertiary/aromatic N) is 3. The summed E-state index contributed by atoms with van der Waals surface area (Å²) in [6, 6.07) is 3.46. The van der Waals surface area contributed by atoms with E-state index in [1.807, 2.05) is 0 Å². The predicted molar refractivity (Wildman–Crippen MR) is 74.9 cm³/mol. The molecule has 3 heterocycles. The van der Waals surface area contributed by atoms with Gasteiger partial charge in [0.15, 0.2) is 0 Å². The molecule has 108 valence electrons. The fourth-order valence-corrected chi connectivity index (χ4v) is 2.19. The highest BCUT2D eigenvalue weighted by molar-refractivity contribution is 5.94. The van der Waals surface area contributed by atoms with Gasteiger partial charge in [-0.1, -0.05) is 0 Å². The van der Waals surface area contributed by atoms with E-state index >= 15 is 0 Å². The Morgan fingerprint density at radius 1 is 1.43 bits per heavy atom. The predicted octanol–water partition coefficient (Wildman–Crippen LogP) is 0.276. The van der Waals surface area contributed by atoms with Crippen molar-refractivity contribution in [2.75, 3.05) is 6.54 Å². The molecule has 1 fully saturated rings. The third-order valence-corrected chi connectivity index (χ3v) is 3.38. The number of amides is 2. The minimum atomic E-state index is -0.180. The maximum absolute atomic E-state index is 12.1. The lowest BCUT2D eigenvalue weighted by atomic mass is 10.1. The van der Waals surface area contributed by atoms with Gasteiger partial charge < -0.3 is 10.6 Å². The molecule has 2 aromatic rings. The zero-order chi connectivity index (χ0) is 14.7. The van der Waals surface area contributed by atoms with Crippen LogP contribution in [0.5, 0.6) is 0 Å². The highest BCUT2D eigenvalue weighted by Gasteiger charge is 2.20. The van der Waals surface area contributed by atoms with Crippen LogP contribution in [0.25, 0.3) is 5.82 Å². The summed E-state index contributed by atoms with van der Waals surface area (Å²) in [4.78, 5) is 31.4. The average Bonchev–Trinajstić information content (AvgIpc) is 3.04. The van der Waals surface area contributed by atoms with E-state index in [0.717, 1.165) is 0 Å². The summed E-state index contributed by atoms with van der Waals surface area (Å²) >= 11 is 0. The van der Waals surface area contributed by atoms with Crippen LogP contribution in [0.1, 0.15) is 23.2 Å². The van der Waals surface area contributed by atoms with Crippen LogP contribution in [0, 0.1) is 0 Å². The third-order valence-electron chi connectivity index (χ3n) is 3.38. The number of imidazole rings is 1. The van der Waals surface area contributed by atoms with Crippen molar-refractivity contribution >= 4 is 11.8 Å². The van der Waals surface area contributed by atoms with Crippen molar-refractivity contribution in [3.8, 4) is 5.82 Å². The number of pyridine rings is 1. The van der Waals surface area contributed by atoms with Gasteiger partial charge in [0.05, 0.1) is 5.56 Å². The maximum Gasteiger partial charge on any atom is 0.253 e. The van der Waals surface area contributed by atoms with Crippen LogP contribution in [0.15, 0.2) is 37.1 Å². The normalized spacial score (nSPS) is 18.1. The van der Waals surface area contributed by atoms with Crippen molar-refractivity contribution in [3.05, 3.63) is 42.6 Å². The van der Waals surface area contributed by atoms with Crippen LogP contribution < -0.4 is 10.6 Å². The summed E-state index contributed by atoms with van der Waals surface area (Å²) in [5, 5.41) is 5.63. The van der Waals surface area contributed by atoms with Gasteiger partial charge >= 0.3 is 0 Å². The molecule has 1 aliphatic heterocycles. The number of piperidine rings is 1. The minimum Gasteiger partial charge on any atom is -0.354 e. The van der Waals surface area contributed by atoms with Crippen LogP contribution in [-0.4, -0.2) is 38.9 Å². The standard InChI is InChI=1S/C14H15N5O2/c20-13-4-2-11(8-17-13)18-14(21)10-1-3-12(16-7-10)19-6-5-15-9-19/h1,3,5-7,9,11H,2,4,8H2,(H,17,20)(H,18,21). The van der Waals surface area contributed by atoms with Gasteiger partial charge in [-0.25, -0.2) is 9.97 Å². The van der Waals surface area contributed by atoms with E-state index in [1.54, 1.807) is 35.4 Å². The van der Waals surface area contributed by atoms with E-state index in [2.05, 4.69) is 20.6 Å². The van der Waals surface area contributed by atoms with E-state index in [-0.39, 0.29) is 17.9 Å². The summed E-state index contributed by atoms with van der Waals surface area (Å²) in [5.74, 6) is 0.557. The van der Waals surface area contributed by atoms with Crippen molar-refractivity contribution in [1.82, 2.24) is 25.2 Å². The number of carbonyl (C=O) groups is 2. The van der Waals surface area contributed by atoms with Gasteiger partial charge in [0.25, 0.3) is 5.91 Å². The molecular weight excluding hydrogens is 270 g/mol. The van der Waals surface area contributed by atoms with Crippen LogP contribution in [0.4, 0.5) is 0 Å². The van der Waals surface area contributed by atoms with Gasteiger partial charge in [-0.05, 0) is 18.6 Å². The summed E-state index contributed by atoms with van der Waals surface area (Å²) in [6.45, 7) is 0.477. The van der Waals surface area contributed by atoms with E-state index in [1.165, 1.54) is 6.20 Å². The first-order chi connectivity index (χ1) is 10.2. The van der Waals surface area contributed by atoms with Gasteiger partial charge in [0.2, 0.25) is 5.91 Å².